The molecule has 0 aromatic carbocycles. The van der Waals surface area contributed by atoms with Gasteiger partial charge in [0.2, 0.25) is 0 Å². The second-order valence-corrected chi connectivity index (χ2v) is 5.14. The molecule has 1 fully saturated rings. The SMILES string of the molecule is CC(C)=CCNC(=O)N1CCC(C)CC1C(=O)O. The first kappa shape index (κ1) is 14.5. The van der Waals surface area contributed by atoms with Crippen molar-refractivity contribution in [3.63, 3.8) is 0 Å². The molecule has 0 saturated carbocycles. The van der Waals surface area contributed by atoms with E-state index in [0.29, 0.717) is 25.4 Å². The number of rotatable bonds is 3. The standard InChI is InChI=1S/C13H22N2O3/c1-9(2)4-6-14-13(18)15-7-5-10(3)8-11(15)12(16)17/h4,10-11H,5-8H2,1-3H3,(H,14,18)(H,16,17). The molecule has 0 spiro atoms. The number of carboxylic acid groups (broad SMARTS) is 1. The number of amides is 2. The minimum Gasteiger partial charge on any atom is -0.480 e. The maximum absolute atomic E-state index is 11.9. The monoisotopic (exact) mass is 254 g/mol. The summed E-state index contributed by atoms with van der Waals surface area (Å²) < 4.78 is 0. The third-order valence-electron chi connectivity index (χ3n) is 3.17. The summed E-state index contributed by atoms with van der Waals surface area (Å²) in [5, 5.41) is 11.9. The van der Waals surface area contributed by atoms with Gasteiger partial charge in [-0.05, 0) is 32.6 Å². The fraction of sp³-hybridized carbons (Fsp3) is 0.692. The van der Waals surface area contributed by atoms with Crippen LogP contribution in [0.15, 0.2) is 11.6 Å². The molecule has 2 amide bonds. The van der Waals surface area contributed by atoms with Crippen LogP contribution >= 0.6 is 0 Å². The maximum Gasteiger partial charge on any atom is 0.326 e. The van der Waals surface area contributed by atoms with Crippen molar-refractivity contribution >= 4 is 12.0 Å². The van der Waals surface area contributed by atoms with E-state index in [1.165, 1.54) is 4.90 Å². The van der Waals surface area contributed by atoms with E-state index in [1.807, 2.05) is 26.8 Å². The number of carbonyl (C=O) groups excluding carboxylic acids is 1. The molecule has 0 radical (unpaired) electrons. The average Bonchev–Trinajstić information content (AvgIpc) is 2.28. The summed E-state index contributed by atoms with van der Waals surface area (Å²) in [5.74, 6) is -0.563. The van der Waals surface area contributed by atoms with Crippen molar-refractivity contribution in [2.75, 3.05) is 13.1 Å². The Morgan fingerprint density at radius 1 is 1.44 bits per heavy atom. The van der Waals surface area contributed by atoms with E-state index >= 15 is 0 Å². The minimum absolute atomic E-state index is 0.285. The molecule has 0 aromatic rings. The number of allylic oxidation sites excluding steroid dienone is 1. The van der Waals surface area contributed by atoms with Crippen LogP contribution in [0.5, 0.6) is 0 Å². The van der Waals surface area contributed by atoms with Gasteiger partial charge in [-0.25, -0.2) is 9.59 Å². The topological polar surface area (TPSA) is 69.6 Å². The van der Waals surface area contributed by atoms with E-state index in [2.05, 4.69) is 5.32 Å². The van der Waals surface area contributed by atoms with Crippen molar-refractivity contribution in [1.82, 2.24) is 10.2 Å². The summed E-state index contributed by atoms with van der Waals surface area (Å²) in [6.45, 7) is 6.89. The zero-order valence-electron chi connectivity index (χ0n) is 11.3. The molecule has 5 heteroatoms. The summed E-state index contributed by atoms with van der Waals surface area (Å²) in [6.07, 6.45) is 3.30. The lowest BCUT2D eigenvalue weighted by atomic mass is 9.93. The zero-order valence-corrected chi connectivity index (χ0v) is 11.3. The molecule has 1 aliphatic rings. The predicted molar refractivity (Wildman–Crippen MR) is 69.4 cm³/mol. The van der Waals surface area contributed by atoms with E-state index in [4.69, 9.17) is 5.11 Å². The molecule has 1 aliphatic heterocycles. The number of piperidine rings is 1. The molecule has 0 aromatic heterocycles. The maximum atomic E-state index is 11.9. The number of hydrogen-bond donors (Lipinski definition) is 2. The Morgan fingerprint density at radius 2 is 2.11 bits per heavy atom. The van der Waals surface area contributed by atoms with E-state index in [9.17, 15) is 9.59 Å². The van der Waals surface area contributed by atoms with Crippen LogP contribution in [0.3, 0.4) is 0 Å². The van der Waals surface area contributed by atoms with Gasteiger partial charge in [0.1, 0.15) is 6.04 Å². The van der Waals surface area contributed by atoms with Crippen LogP contribution < -0.4 is 5.32 Å². The van der Waals surface area contributed by atoms with Crippen molar-refractivity contribution in [3.8, 4) is 0 Å². The smallest absolute Gasteiger partial charge is 0.326 e. The fourth-order valence-corrected chi connectivity index (χ4v) is 2.06. The molecule has 0 bridgehead atoms. The van der Waals surface area contributed by atoms with E-state index < -0.39 is 12.0 Å². The Morgan fingerprint density at radius 3 is 2.67 bits per heavy atom. The number of nitrogens with zero attached hydrogens (tertiary/aromatic N) is 1. The van der Waals surface area contributed by atoms with Crippen molar-refractivity contribution in [3.05, 3.63) is 11.6 Å². The molecule has 102 valence electrons. The van der Waals surface area contributed by atoms with Gasteiger partial charge in [0.15, 0.2) is 0 Å². The Balaban J connectivity index is 2.59. The van der Waals surface area contributed by atoms with Crippen molar-refractivity contribution in [1.29, 1.82) is 0 Å². The average molecular weight is 254 g/mol. The molecule has 1 heterocycles. The number of hydrogen-bond acceptors (Lipinski definition) is 2. The van der Waals surface area contributed by atoms with E-state index in [1.54, 1.807) is 0 Å². The Hall–Kier alpha value is -1.52. The summed E-state index contributed by atoms with van der Waals surface area (Å²) in [5.41, 5.74) is 1.12. The first-order chi connectivity index (χ1) is 8.41. The number of likely N-dealkylation sites (tertiary alicyclic amines) is 1. The van der Waals surface area contributed by atoms with Gasteiger partial charge in [-0.2, -0.15) is 0 Å². The number of urea groups is 1. The normalized spacial score (nSPS) is 23.4. The minimum atomic E-state index is -0.918. The highest BCUT2D eigenvalue weighted by Crippen LogP contribution is 2.22. The lowest BCUT2D eigenvalue weighted by Gasteiger charge is -2.35. The van der Waals surface area contributed by atoms with Gasteiger partial charge in [0, 0.05) is 13.1 Å². The molecule has 2 atom stereocenters. The number of carboxylic acids is 1. The largest absolute Gasteiger partial charge is 0.480 e. The van der Waals surface area contributed by atoms with Crippen LogP contribution in [0.2, 0.25) is 0 Å². The lowest BCUT2D eigenvalue weighted by molar-refractivity contribution is -0.143. The molecule has 0 aliphatic carbocycles. The summed E-state index contributed by atoms with van der Waals surface area (Å²) in [6, 6.07) is -0.979. The molecule has 1 saturated heterocycles. The van der Waals surface area contributed by atoms with E-state index in [0.717, 1.165) is 12.0 Å². The summed E-state index contributed by atoms with van der Waals surface area (Å²) in [4.78, 5) is 24.5. The molecular weight excluding hydrogens is 232 g/mol. The van der Waals surface area contributed by atoms with Gasteiger partial charge in [0.05, 0.1) is 0 Å². The third kappa shape index (κ3) is 4.05. The lowest BCUT2D eigenvalue weighted by Crippen LogP contribution is -2.53. The fourth-order valence-electron chi connectivity index (χ4n) is 2.06. The van der Waals surface area contributed by atoms with Crippen molar-refractivity contribution in [2.24, 2.45) is 5.92 Å². The molecule has 5 nitrogen and oxygen atoms in total. The highest BCUT2D eigenvalue weighted by atomic mass is 16.4. The Labute approximate surface area is 108 Å². The second kappa shape index (κ2) is 6.42. The van der Waals surface area contributed by atoms with Crippen LogP contribution in [0, 0.1) is 5.92 Å². The van der Waals surface area contributed by atoms with Crippen LogP contribution in [0.1, 0.15) is 33.6 Å². The quantitative estimate of drug-likeness (QED) is 0.755. The van der Waals surface area contributed by atoms with Crippen molar-refractivity contribution < 1.29 is 14.7 Å². The van der Waals surface area contributed by atoms with Gasteiger partial charge in [0.25, 0.3) is 0 Å². The molecular formula is C13H22N2O3. The molecule has 1 rings (SSSR count). The molecule has 18 heavy (non-hydrogen) atoms. The third-order valence-corrected chi connectivity index (χ3v) is 3.17. The Kier molecular flexibility index (Phi) is 5.19. The van der Waals surface area contributed by atoms with Crippen LogP contribution in [0.4, 0.5) is 4.79 Å². The van der Waals surface area contributed by atoms with Crippen LogP contribution in [0.25, 0.3) is 0 Å². The van der Waals surface area contributed by atoms with Gasteiger partial charge in [-0.15, -0.1) is 0 Å². The number of carbonyl (C=O) groups is 2. The number of aliphatic carboxylic acids is 1. The molecule has 2 unspecified atom stereocenters. The highest BCUT2D eigenvalue weighted by molar-refractivity contribution is 5.83. The van der Waals surface area contributed by atoms with Crippen LogP contribution in [-0.4, -0.2) is 41.1 Å². The second-order valence-electron chi connectivity index (χ2n) is 5.14. The first-order valence-electron chi connectivity index (χ1n) is 6.32. The van der Waals surface area contributed by atoms with Gasteiger partial charge < -0.3 is 15.3 Å². The van der Waals surface area contributed by atoms with Gasteiger partial charge in [-0.3, -0.25) is 0 Å². The number of nitrogens with one attached hydrogen (secondary N) is 1. The summed E-state index contributed by atoms with van der Waals surface area (Å²) >= 11 is 0. The predicted octanol–water partition coefficient (Wildman–Crippen LogP) is 1.85. The van der Waals surface area contributed by atoms with Gasteiger partial charge in [-0.1, -0.05) is 18.6 Å². The Bertz CT molecular complexity index is 348. The first-order valence-corrected chi connectivity index (χ1v) is 6.32. The van der Waals surface area contributed by atoms with Crippen molar-refractivity contribution in [2.45, 2.75) is 39.7 Å². The molecule has 2 N–H and O–H groups in total. The van der Waals surface area contributed by atoms with E-state index in [-0.39, 0.29) is 6.03 Å². The van der Waals surface area contributed by atoms with Crippen LogP contribution in [-0.2, 0) is 4.79 Å². The van der Waals surface area contributed by atoms with Gasteiger partial charge >= 0.3 is 12.0 Å². The highest BCUT2D eigenvalue weighted by Gasteiger charge is 2.34. The zero-order chi connectivity index (χ0) is 13.7. The summed E-state index contributed by atoms with van der Waals surface area (Å²) in [7, 11) is 0.